The van der Waals surface area contributed by atoms with Gasteiger partial charge in [0.1, 0.15) is 6.10 Å². The van der Waals surface area contributed by atoms with Gasteiger partial charge in [0.15, 0.2) is 0 Å². The van der Waals surface area contributed by atoms with Crippen LogP contribution in [0.1, 0.15) is 113 Å². The lowest BCUT2D eigenvalue weighted by atomic mass is 9.69. The Morgan fingerprint density at radius 3 is 1.85 bits per heavy atom. The molecule has 33 heavy (non-hydrogen) atoms. The summed E-state index contributed by atoms with van der Waals surface area (Å²) < 4.78 is 10.5. The molecule has 194 valence electrons. The third-order valence-electron chi connectivity index (χ3n) is 5.66. The Morgan fingerprint density at radius 2 is 1.48 bits per heavy atom. The largest absolute Gasteiger partial charge is 0.396 e. The van der Waals surface area contributed by atoms with Gasteiger partial charge in [0, 0.05) is 6.61 Å². The highest BCUT2D eigenvalue weighted by atomic mass is 16.6. The van der Waals surface area contributed by atoms with Crippen molar-refractivity contribution in [3.63, 3.8) is 0 Å². The van der Waals surface area contributed by atoms with E-state index >= 15 is 0 Å². The molecule has 1 aliphatic heterocycles. The maximum Gasteiger partial charge on any atom is 0.104 e. The predicted octanol–water partition coefficient (Wildman–Crippen LogP) is 8.04. The maximum atomic E-state index is 8.67. The van der Waals surface area contributed by atoms with Crippen molar-refractivity contribution < 1.29 is 14.6 Å². The molecule has 2 unspecified atom stereocenters. The van der Waals surface area contributed by atoms with E-state index in [1.165, 1.54) is 24.0 Å². The van der Waals surface area contributed by atoms with Crippen molar-refractivity contribution in [2.75, 3.05) is 19.8 Å². The van der Waals surface area contributed by atoms with Crippen LogP contribution in [0, 0.1) is 16.7 Å². The molecule has 1 aromatic rings. The Labute approximate surface area is 206 Å². The Hall–Kier alpha value is -0.900. The Balaban J connectivity index is 0.000000663. The molecule has 1 saturated heterocycles. The molecule has 3 heteroatoms. The van der Waals surface area contributed by atoms with Crippen molar-refractivity contribution in [1.29, 1.82) is 0 Å². The lowest BCUT2D eigenvalue weighted by Crippen LogP contribution is -2.27. The number of aliphatic hydroxyl groups is 1. The molecule has 0 amide bonds. The summed E-state index contributed by atoms with van der Waals surface area (Å²) in [5.74, 6) is 1.35. The van der Waals surface area contributed by atoms with Gasteiger partial charge in [-0.2, -0.15) is 0 Å². The Kier molecular flexibility index (Phi) is 14.1. The van der Waals surface area contributed by atoms with Gasteiger partial charge in [-0.3, -0.25) is 0 Å². The molecule has 3 nitrogen and oxygen atoms in total. The van der Waals surface area contributed by atoms with E-state index < -0.39 is 0 Å². The lowest BCUT2D eigenvalue weighted by molar-refractivity contribution is -0.0385. The van der Waals surface area contributed by atoms with E-state index in [0.29, 0.717) is 35.9 Å². The second-order valence-electron chi connectivity index (χ2n) is 12.5. The molecule has 0 bridgehead atoms. The molecule has 1 fully saturated rings. The van der Waals surface area contributed by atoms with Gasteiger partial charge in [0.05, 0.1) is 18.8 Å². The highest BCUT2D eigenvalue weighted by Gasteiger charge is 2.30. The first-order chi connectivity index (χ1) is 15.1. The first-order valence-electron chi connectivity index (χ1n) is 13.1. The summed E-state index contributed by atoms with van der Waals surface area (Å²) in [5.41, 5.74) is 3.44. The smallest absolute Gasteiger partial charge is 0.104 e. The number of benzene rings is 1. The van der Waals surface area contributed by atoms with Crippen LogP contribution in [0.4, 0.5) is 0 Å². The van der Waals surface area contributed by atoms with E-state index in [1.54, 1.807) is 0 Å². The first kappa shape index (κ1) is 32.1. The molecule has 0 aliphatic carbocycles. The highest BCUT2D eigenvalue weighted by Crippen LogP contribution is 2.43. The van der Waals surface area contributed by atoms with Crippen LogP contribution in [0.25, 0.3) is 0 Å². The molecule has 2 rings (SSSR count). The zero-order valence-electron chi connectivity index (χ0n) is 24.0. The van der Waals surface area contributed by atoms with Crippen LogP contribution in [0.3, 0.4) is 0 Å². The number of hydrogen-bond donors (Lipinski definition) is 1. The topological polar surface area (TPSA) is 42.0 Å². The van der Waals surface area contributed by atoms with Gasteiger partial charge in [-0.05, 0) is 66.9 Å². The van der Waals surface area contributed by atoms with Crippen molar-refractivity contribution in [2.24, 2.45) is 16.7 Å². The van der Waals surface area contributed by atoms with E-state index in [0.717, 1.165) is 12.5 Å². The van der Waals surface area contributed by atoms with E-state index in [2.05, 4.69) is 79.7 Å². The van der Waals surface area contributed by atoms with Crippen molar-refractivity contribution in [2.45, 2.75) is 120 Å². The summed E-state index contributed by atoms with van der Waals surface area (Å²) in [6, 6.07) is 9.38. The highest BCUT2D eigenvalue weighted by molar-refractivity contribution is 5.27. The van der Waals surface area contributed by atoms with Gasteiger partial charge in [0.25, 0.3) is 0 Å². The molecule has 0 radical (unpaired) electrons. The summed E-state index contributed by atoms with van der Waals surface area (Å²) in [6.45, 7) is 28.3. The van der Waals surface area contributed by atoms with Crippen LogP contribution >= 0.6 is 0 Å². The number of rotatable bonds is 9. The quantitative estimate of drug-likeness (QED) is 0.376. The van der Waals surface area contributed by atoms with E-state index in [-0.39, 0.29) is 12.2 Å². The predicted molar refractivity (Wildman–Crippen MR) is 144 cm³/mol. The minimum atomic E-state index is -0.208. The van der Waals surface area contributed by atoms with Crippen molar-refractivity contribution in [3.8, 4) is 0 Å². The standard InChI is InChI=1S/C20H34.C8H16O3.C2H6/c1-15(2)13-16-9-11-17(12-10-16)18(20(6,7)8)14-19(3,4)5;1-8(2,3-4-9)11-6-7-5-10-7;1-2/h9-12,15,18H,13-14H2,1-8H3;7,9H,3-6H2,1-2H3;1-2H3. The fourth-order valence-electron chi connectivity index (χ4n) is 3.72. The molecule has 0 spiro atoms. The third-order valence-corrected chi connectivity index (χ3v) is 5.66. The summed E-state index contributed by atoms with van der Waals surface area (Å²) in [5, 5.41) is 8.67. The monoisotopic (exact) mass is 464 g/mol. The second kappa shape index (κ2) is 14.5. The molecule has 1 N–H and O–H groups in total. The molecule has 1 aromatic carbocycles. The van der Waals surface area contributed by atoms with Gasteiger partial charge in [0.2, 0.25) is 0 Å². The third kappa shape index (κ3) is 15.6. The lowest BCUT2D eigenvalue weighted by Gasteiger charge is -2.36. The van der Waals surface area contributed by atoms with Crippen LogP contribution in [0.15, 0.2) is 24.3 Å². The fraction of sp³-hybridized carbons (Fsp3) is 0.800. The Bertz CT molecular complexity index is 613. The zero-order valence-corrected chi connectivity index (χ0v) is 24.0. The minimum Gasteiger partial charge on any atom is -0.396 e. The molecule has 1 aliphatic rings. The van der Waals surface area contributed by atoms with Crippen LogP contribution in [-0.4, -0.2) is 36.6 Å². The average Bonchev–Trinajstić information content (AvgIpc) is 3.50. The van der Waals surface area contributed by atoms with Gasteiger partial charge >= 0.3 is 0 Å². The number of aliphatic hydroxyl groups excluding tert-OH is 1. The Morgan fingerprint density at radius 1 is 0.970 bits per heavy atom. The van der Waals surface area contributed by atoms with Crippen LogP contribution in [-0.2, 0) is 15.9 Å². The SMILES string of the molecule is CC.CC(C)(CCO)OCC1CO1.CC(C)Cc1ccc(C(CC(C)(C)C)C(C)(C)C)cc1. The van der Waals surface area contributed by atoms with E-state index in [4.69, 9.17) is 14.6 Å². The number of epoxide rings is 1. The molecular weight excluding hydrogens is 408 g/mol. The summed E-state index contributed by atoms with van der Waals surface area (Å²) in [7, 11) is 0. The molecule has 0 saturated carbocycles. The minimum absolute atomic E-state index is 0.179. The summed E-state index contributed by atoms with van der Waals surface area (Å²) in [4.78, 5) is 0. The zero-order chi connectivity index (χ0) is 25.9. The van der Waals surface area contributed by atoms with Gasteiger partial charge in [-0.1, -0.05) is 93.5 Å². The average molecular weight is 465 g/mol. The first-order valence-corrected chi connectivity index (χ1v) is 13.1. The summed E-state index contributed by atoms with van der Waals surface area (Å²) in [6.07, 6.45) is 3.41. The molecule has 2 atom stereocenters. The number of ether oxygens (including phenoxy) is 2. The van der Waals surface area contributed by atoms with Crippen LogP contribution in [0.2, 0.25) is 0 Å². The van der Waals surface area contributed by atoms with Crippen LogP contribution in [0.5, 0.6) is 0 Å². The van der Waals surface area contributed by atoms with Gasteiger partial charge in [-0.15, -0.1) is 0 Å². The normalized spacial score (nSPS) is 17.0. The van der Waals surface area contributed by atoms with E-state index in [9.17, 15) is 0 Å². The van der Waals surface area contributed by atoms with E-state index in [1.807, 2.05) is 27.7 Å². The second-order valence-corrected chi connectivity index (χ2v) is 12.5. The van der Waals surface area contributed by atoms with Gasteiger partial charge in [-0.25, -0.2) is 0 Å². The number of hydrogen-bond acceptors (Lipinski definition) is 3. The molecular formula is C30H56O3. The van der Waals surface area contributed by atoms with Crippen molar-refractivity contribution in [1.82, 2.24) is 0 Å². The summed E-state index contributed by atoms with van der Waals surface area (Å²) >= 11 is 0. The molecule has 0 aromatic heterocycles. The van der Waals surface area contributed by atoms with Gasteiger partial charge < -0.3 is 14.6 Å². The van der Waals surface area contributed by atoms with Crippen molar-refractivity contribution in [3.05, 3.63) is 35.4 Å². The van der Waals surface area contributed by atoms with Crippen molar-refractivity contribution >= 4 is 0 Å². The van der Waals surface area contributed by atoms with Crippen LogP contribution < -0.4 is 0 Å². The fourth-order valence-corrected chi connectivity index (χ4v) is 3.72. The molecule has 1 heterocycles. The maximum absolute atomic E-state index is 8.67.